The van der Waals surface area contributed by atoms with Gasteiger partial charge in [0, 0.05) is 19.3 Å². The minimum absolute atomic E-state index is 0.00717. The third kappa shape index (κ3) is 1.69. The van der Waals surface area contributed by atoms with Gasteiger partial charge in [-0.1, -0.05) is 6.92 Å². The van der Waals surface area contributed by atoms with E-state index in [1.54, 1.807) is 0 Å². The summed E-state index contributed by atoms with van der Waals surface area (Å²) in [5.74, 6) is 0. The lowest BCUT2D eigenvalue weighted by Gasteiger charge is -2.32. The van der Waals surface area contributed by atoms with Crippen LogP contribution in [0.15, 0.2) is 23.1 Å². The molecule has 4 nitrogen and oxygen atoms in total. The van der Waals surface area contributed by atoms with Gasteiger partial charge in [0.25, 0.3) is 5.56 Å². The Morgan fingerprint density at radius 3 is 2.88 bits per heavy atom. The second kappa shape index (κ2) is 3.87. The number of nitrogens with one attached hydrogen (secondary N) is 1. The van der Waals surface area contributed by atoms with Gasteiger partial charge in [0.2, 0.25) is 0 Å². The van der Waals surface area contributed by atoms with E-state index in [0.717, 1.165) is 41.8 Å². The fourth-order valence-electron chi connectivity index (χ4n) is 2.10. The Labute approximate surface area is 99.3 Å². The second-order valence-corrected chi connectivity index (χ2v) is 4.45. The highest BCUT2D eigenvalue weighted by atomic mass is 16.1. The molecule has 0 aromatic carbocycles. The number of aryl methyl sites for hydroxylation is 1. The predicted molar refractivity (Wildman–Crippen MR) is 68.6 cm³/mol. The fourth-order valence-corrected chi connectivity index (χ4v) is 2.10. The van der Waals surface area contributed by atoms with Crippen LogP contribution in [0.3, 0.4) is 0 Å². The second-order valence-electron chi connectivity index (χ2n) is 4.45. The summed E-state index contributed by atoms with van der Waals surface area (Å²) in [6.07, 6.45) is 3.97. The molecule has 2 aromatic rings. The molecule has 0 saturated carbocycles. The molecule has 1 aliphatic rings. The number of nitrogens with zero attached hydrogens (tertiary/aromatic N) is 2. The molecule has 1 aliphatic heterocycles. The van der Waals surface area contributed by atoms with Gasteiger partial charge in [-0.2, -0.15) is 0 Å². The average molecular weight is 229 g/mol. The molecule has 0 amide bonds. The van der Waals surface area contributed by atoms with Crippen molar-refractivity contribution in [1.29, 1.82) is 0 Å². The lowest BCUT2D eigenvalue weighted by molar-refractivity contribution is 0.615. The fraction of sp³-hybridized carbons (Fsp3) is 0.385. The zero-order valence-electron chi connectivity index (χ0n) is 9.86. The zero-order valence-corrected chi connectivity index (χ0v) is 9.86. The van der Waals surface area contributed by atoms with Gasteiger partial charge in [0.15, 0.2) is 0 Å². The van der Waals surface area contributed by atoms with Crippen molar-refractivity contribution in [3.8, 4) is 0 Å². The van der Waals surface area contributed by atoms with E-state index >= 15 is 0 Å². The van der Waals surface area contributed by atoms with Crippen molar-refractivity contribution < 1.29 is 0 Å². The van der Waals surface area contributed by atoms with Gasteiger partial charge in [0.1, 0.15) is 5.69 Å². The summed E-state index contributed by atoms with van der Waals surface area (Å²) in [6, 6.07) is 3.90. The molecule has 2 aromatic heterocycles. The number of anilines is 1. The monoisotopic (exact) mass is 229 g/mol. The first-order valence-electron chi connectivity index (χ1n) is 6.05. The van der Waals surface area contributed by atoms with Gasteiger partial charge < -0.3 is 9.88 Å². The summed E-state index contributed by atoms with van der Waals surface area (Å²) in [5.41, 5.74) is 3.58. The Kier molecular flexibility index (Phi) is 2.35. The summed E-state index contributed by atoms with van der Waals surface area (Å²) in [7, 11) is 0. The molecule has 3 rings (SSSR count). The minimum Gasteiger partial charge on any atom is -0.367 e. The summed E-state index contributed by atoms with van der Waals surface area (Å²) < 4.78 is 0. The predicted octanol–water partition coefficient (Wildman–Crippen LogP) is 1.70. The third-order valence-corrected chi connectivity index (χ3v) is 3.33. The Morgan fingerprint density at radius 2 is 2.24 bits per heavy atom. The number of rotatable bonds is 2. The lowest BCUT2D eigenvalue weighted by Crippen LogP contribution is -2.40. The highest BCUT2D eigenvalue weighted by Gasteiger charge is 2.18. The first kappa shape index (κ1) is 10.3. The highest BCUT2D eigenvalue weighted by molar-refractivity contribution is 5.78. The van der Waals surface area contributed by atoms with Crippen LogP contribution in [0.1, 0.15) is 18.9 Å². The van der Waals surface area contributed by atoms with Gasteiger partial charge in [0.05, 0.1) is 11.0 Å². The molecule has 1 saturated heterocycles. The molecule has 4 heteroatoms. The number of H-pyrrole nitrogens is 1. The number of hydrogen-bond donors (Lipinski definition) is 1. The number of aromatic amines is 1. The maximum Gasteiger partial charge on any atom is 0.272 e. The molecular formula is C13H15N3O. The molecule has 0 unspecified atom stereocenters. The van der Waals surface area contributed by atoms with Crippen LogP contribution in [0.2, 0.25) is 0 Å². The minimum atomic E-state index is -0.00717. The summed E-state index contributed by atoms with van der Waals surface area (Å²) in [6.45, 7) is 4.03. The van der Waals surface area contributed by atoms with Crippen molar-refractivity contribution in [3.05, 3.63) is 34.2 Å². The molecule has 88 valence electrons. The third-order valence-electron chi connectivity index (χ3n) is 3.33. The van der Waals surface area contributed by atoms with Crippen molar-refractivity contribution in [2.75, 3.05) is 18.0 Å². The summed E-state index contributed by atoms with van der Waals surface area (Å²) in [4.78, 5) is 21.4. The smallest absolute Gasteiger partial charge is 0.272 e. The number of pyridine rings is 2. The topological polar surface area (TPSA) is 49.0 Å². The Bertz CT molecular complexity index is 614. The molecule has 0 radical (unpaired) electrons. The molecular weight excluding hydrogens is 214 g/mol. The van der Waals surface area contributed by atoms with Crippen LogP contribution >= 0.6 is 0 Å². The number of fused-ring (bicyclic) bond motifs is 1. The first-order valence-corrected chi connectivity index (χ1v) is 6.05. The highest BCUT2D eigenvalue weighted by Crippen LogP contribution is 2.19. The SMILES string of the molecule is CCc1cnc2cc(N3CCC3)c(=O)[nH]c2c1. The van der Waals surface area contributed by atoms with Crippen molar-refractivity contribution >= 4 is 16.7 Å². The standard InChI is InChI=1S/C13H15N3O/c1-2-9-6-11-10(14-8-9)7-12(13(17)15-11)16-4-3-5-16/h6-8H,2-5H2,1H3,(H,15,17). The molecule has 0 aliphatic carbocycles. The van der Waals surface area contributed by atoms with Crippen LogP contribution < -0.4 is 10.5 Å². The molecule has 1 N–H and O–H groups in total. The van der Waals surface area contributed by atoms with E-state index < -0.39 is 0 Å². The quantitative estimate of drug-likeness (QED) is 0.852. The number of aromatic nitrogens is 2. The van der Waals surface area contributed by atoms with Crippen molar-refractivity contribution in [3.63, 3.8) is 0 Å². The molecule has 3 heterocycles. The van der Waals surface area contributed by atoms with Crippen LogP contribution in [-0.2, 0) is 6.42 Å². The van der Waals surface area contributed by atoms with E-state index in [0.29, 0.717) is 0 Å². The van der Waals surface area contributed by atoms with E-state index in [4.69, 9.17) is 0 Å². The summed E-state index contributed by atoms with van der Waals surface area (Å²) in [5, 5.41) is 0. The van der Waals surface area contributed by atoms with Gasteiger partial charge in [-0.25, -0.2) is 0 Å². The Morgan fingerprint density at radius 1 is 1.41 bits per heavy atom. The molecule has 1 fully saturated rings. The molecule has 0 atom stereocenters. The van der Waals surface area contributed by atoms with Crippen molar-refractivity contribution in [2.24, 2.45) is 0 Å². The van der Waals surface area contributed by atoms with Crippen LogP contribution in [-0.4, -0.2) is 23.1 Å². The molecule has 0 spiro atoms. The van der Waals surface area contributed by atoms with Crippen molar-refractivity contribution in [2.45, 2.75) is 19.8 Å². The molecule has 17 heavy (non-hydrogen) atoms. The van der Waals surface area contributed by atoms with Gasteiger partial charge in [-0.15, -0.1) is 0 Å². The van der Waals surface area contributed by atoms with Crippen molar-refractivity contribution in [1.82, 2.24) is 9.97 Å². The van der Waals surface area contributed by atoms with Crippen LogP contribution in [0.5, 0.6) is 0 Å². The Balaban J connectivity index is 2.15. The van der Waals surface area contributed by atoms with Gasteiger partial charge in [-0.05, 0) is 30.5 Å². The van der Waals surface area contributed by atoms with E-state index in [1.807, 2.05) is 18.3 Å². The zero-order chi connectivity index (χ0) is 11.8. The maximum absolute atomic E-state index is 11.9. The number of hydrogen-bond acceptors (Lipinski definition) is 3. The van der Waals surface area contributed by atoms with Crippen LogP contribution in [0, 0.1) is 0 Å². The normalized spacial score (nSPS) is 15.0. The maximum atomic E-state index is 11.9. The van der Waals surface area contributed by atoms with Gasteiger partial charge >= 0.3 is 0 Å². The van der Waals surface area contributed by atoms with E-state index in [9.17, 15) is 4.79 Å². The largest absolute Gasteiger partial charge is 0.367 e. The Hall–Kier alpha value is -1.84. The van der Waals surface area contributed by atoms with E-state index in [1.165, 1.54) is 6.42 Å². The average Bonchev–Trinajstić information content (AvgIpc) is 2.27. The first-order chi connectivity index (χ1) is 8.28. The summed E-state index contributed by atoms with van der Waals surface area (Å²) >= 11 is 0. The van der Waals surface area contributed by atoms with Gasteiger partial charge in [-0.3, -0.25) is 9.78 Å². The van der Waals surface area contributed by atoms with E-state index in [2.05, 4.69) is 21.8 Å². The van der Waals surface area contributed by atoms with Crippen LogP contribution in [0.4, 0.5) is 5.69 Å². The van der Waals surface area contributed by atoms with Crippen LogP contribution in [0.25, 0.3) is 11.0 Å². The lowest BCUT2D eigenvalue weighted by atomic mass is 10.1. The molecule has 0 bridgehead atoms. The van der Waals surface area contributed by atoms with E-state index in [-0.39, 0.29) is 5.56 Å².